The smallest absolute Gasteiger partial charge is 0.225 e. The first-order valence-electron chi connectivity index (χ1n) is 4.59. The van der Waals surface area contributed by atoms with E-state index in [1.807, 2.05) is 4.57 Å². The molecule has 1 aromatic rings. The number of halogens is 1. The average Bonchev–Trinajstić information content (AvgIpc) is 2.48. The van der Waals surface area contributed by atoms with Crippen molar-refractivity contribution in [3.8, 4) is 0 Å². The molecule has 13 heavy (non-hydrogen) atoms. The SMILES string of the molecule is NCCC1CCn2c(Cl)nnc2C1. The van der Waals surface area contributed by atoms with Gasteiger partial charge in [-0.2, -0.15) is 0 Å². The molecule has 0 aromatic carbocycles. The molecule has 1 aromatic heterocycles. The lowest BCUT2D eigenvalue weighted by Crippen LogP contribution is -2.21. The van der Waals surface area contributed by atoms with Crippen molar-refractivity contribution >= 4 is 11.6 Å². The van der Waals surface area contributed by atoms with Gasteiger partial charge in [-0.3, -0.25) is 0 Å². The fourth-order valence-corrected chi connectivity index (χ4v) is 2.06. The summed E-state index contributed by atoms with van der Waals surface area (Å²) in [7, 11) is 0. The van der Waals surface area contributed by atoms with E-state index in [-0.39, 0.29) is 0 Å². The molecule has 2 N–H and O–H groups in total. The van der Waals surface area contributed by atoms with Gasteiger partial charge in [0.25, 0.3) is 0 Å². The van der Waals surface area contributed by atoms with Crippen LogP contribution < -0.4 is 5.73 Å². The Labute approximate surface area is 82.1 Å². The molecule has 5 heteroatoms. The lowest BCUT2D eigenvalue weighted by molar-refractivity contribution is 0.366. The Hall–Kier alpha value is -0.610. The maximum atomic E-state index is 5.85. The first-order valence-corrected chi connectivity index (χ1v) is 4.96. The Morgan fingerprint density at radius 1 is 1.54 bits per heavy atom. The van der Waals surface area contributed by atoms with Crippen LogP contribution in [0.2, 0.25) is 5.28 Å². The van der Waals surface area contributed by atoms with Gasteiger partial charge in [-0.1, -0.05) is 0 Å². The molecular weight excluding hydrogens is 188 g/mol. The second kappa shape index (κ2) is 3.64. The molecule has 0 bridgehead atoms. The summed E-state index contributed by atoms with van der Waals surface area (Å²) in [4.78, 5) is 0. The monoisotopic (exact) mass is 200 g/mol. The third-order valence-corrected chi connectivity index (χ3v) is 2.87. The van der Waals surface area contributed by atoms with Crippen LogP contribution in [0.1, 0.15) is 18.7 Å². The molecule has 1 atom stereocenters. The zero-order chi connectivity index (χ0) is 9.26. The maximum Gasteiger partial charge on any atom is 0.225 e. The second-order valence-corrected chi connectivity index (χ2v) is 3.81. The van der Waals surface area contributed by atoms with Crippen LogP contribution in [-0.4, -0.2) is 21.3 Å². The van der Waals surface area contributed by atoms with Crippen LogP contribution in [0, 0.1) is 5.92 Å². The number of rotatable bonds is 2. The molecule has 72 valence electrons. The van der Waals surface area contributed by atoms with Crippen LogP contribution in [0.3, 0.4) is 0 Å². The standard InChI is InChI=1S/C8H13ClN4/c9-8-12-11-7-5-6(1-3-10)2-4-13(7)8/h6H,1-5,10H2. The van der Waals surface area contributed by atoms with Gasteiger partial charge in [0.15, 0.2) is 0 Å². The number of nitrogens with zero attached hydrogens (tertiary/aromatic N) is 3. The lowest BCUT2D eigenvalue weighted by Gasteiger charge is -2.22. The Kier molecular flexibility index (Phi) is 2.51. The summed E-state index contributed by atoms with van der Waals surface area (Å²) in [6.07, 6.45) is 3.18. The third kappa shape index (κ3) is 1.69. The number of aromatic nitrogens is 3. The lowest BCUT2D eigenvalue weighted by atomic mass is 9.94. The first kappa shape index (κ1) is 8.97. The van der Waals surface area contributed by atoms with E-state index in [9.17, 15) is 0 Å². The highest BCUT2D eigenvalue weighted by Crippen LogP contribution is 2.23. The summed E-state index contributed by atoms with van der Waals surface area (Å²) in [5.41, 5.74) is 5.52. The van der Waals surface area contributed by atoms with Crippen molar-refractivity contribution in [3.63, 3.8) is 0 Å². The summed E-state index contributed by atoms with van der Waals surface area (Å²) >= 11 is 5.85. The van der Waals surface area contributed by atoms with E-state index in [0.717, 1.165) is 38.2 Å². The molecule has 2 rings (SSSR count). The molecule has 1 aliphatic heterocycles. The van der Waals surface area contributed by atoms with Crippen LogP contribution in [0.15, 0.2) is 0 Å². The normalized spacial score (nSPS) is 21.5. The fourth-order valence-electron chi connectivity index (χ4n) is 1.84. The van der Waals surface area contributed by atoms with Crippen molar-refractivity contribution in [1.82, 2.24) is 14.8 Å². The minimum Gasteiger partial charge on any atom is -0.330 e. The van der Waals surface area contributed by atoms with Gasteiger partial charge in [0.1, 0.15) is 5.82 Å². The minimum absolute atomic E-state index is 0.515. The van der Waals surface area contributed by atoms with Gasteiger partial charge in [-0.15, -0.1) is 10.2 Å². The van der Waals surface area contributed by atoms with Crippen molar-refractivity contribution in [2.24, 2.45) is 11.7 Å². The molecule has 0 saturated heterocycles. The number of nitrogens with two attached hydrogens (primary N) is 1. The largest absolute Gasteiger partial charge is 0.330 e. The number of hydrogen-bond donors (Lipinski definition) is 1. The van der Waals surface area contributed by atoms with E-state index in [1.165, 1.54) is 0 Å². The van der Waals surface area contributed by atoms with Gasteiger partial charge in [0.05, 0.1) is 0 Å². The van der Waals surface area contributed by atoms with Crippen LogP contribution in [0.25, 0.3) is 0 Å². The highest BCUT2D eigenvalue weighted by molar-refractivity contribution is 6.28. The molecular formula is C8H13ClN4. The van der Waals surface area contributed by atoms with Gasteiger partial charge >= 0.3 is 0 Å². The average molecular weight is 201 g/mol. The summed E-state index contributed by atoms with van der Waals surface area (Å²) in [5, 5.41) is 8.38. The molecule has 2 heterocycles. The summed E-state index contributed by atoms with van der Waals surface area (Å²) < 4.78 is 1.98. The quantitative estimate of drug-likeness (QED) is 0.770. The van der Waals surface area contributed by atoms with Crippen LogP contribution >= 0.6 is 11.6 Å². The molecule has 0 saturated carbocycles. The molecule has 1 unspecified atom stereocenters. The van der Waals surface area contributed by atoms with Crippen molar-refractivity contribution in [2.75, 3.05) is 6.54 Å². The summed E-state index contributed by atoms with van der Waals surface area (Å²) in [5.74, 6) is 1.67. The van der Waals surface area contributed by atoms with Crippen LogP contribution in [0.5, 0.6) is 0 Å². The highest BCUT2D eigenvalue weighted by atomic mass is 35.5. The molecule has 4 nitrogen and oxygen atoms in total. The Morgan fingerprint density at radius 3 is 3.15 bits per heavy atom. The van der Waals surface area contributed by atoms with Gasteiger partial charge in [-0.25, -0.2) is 0 Å². The van der Waals surface area contributed by atoms with E-state index in [4.69, 9.17) is 17.3 Å². The van der Waals surface area contributed by atoms with Gasteiger partial charge in [0, 0.05) is 13.0 Å². The predicted octanol–water partition coefficient (Wildman–Crippen LogP) is 0.843. The third-order valence-electron chi connectivity index (χ3n) is 2.59. The molecule has 0 spiro atoms. The van der Waals surface area contributed by atoms with Crippen LogP contribution in [0.4, 0.5) is 0 Å². The van der Waals surface area contributed by atoms with E-state index in [0.29, 0.717) is 11.2 Å². The predicted molar refractivity (Wildman–Crippen MR) is 50.5 cm³/mol. The Balaban J connectivity index is 2.11. The fraction of sp³-hybridized carbons (Fsp3) is 0.750. The molecule has 0 fully saturated rings. The molecule has 0 amide bonds. The zero-order valence-corrected chi connectivity index (χ0v) is 8.17. The van der Waals surface area contributed by atoms with Gasteiger partial charge in [-0.05, 0) is 36.9 Å². The number of hydrogen-bond acceptors (Lipinski definition) is 3. The van der Waals surface area contributed by atoms with Crippen LogP contribution in [-0.2, 0) is 13.0 Å². The Morgan fingerprint density at radius 2 is 2.38 bits per heavy atom. The Bertz CT molecular complexity index is 296. The second-order valence-electron chi connectivity index (χ2n) is 3.47. The van der Waals surface area contributed by atoms with Gasteiger partial charge in [0.2, 0.25) is 5.28 Å². The summed E-state index contributed by atoms with van der Waals surface area (Å²) in [6, 6.07) is 0. The molecule has 0 aliphatic carbocycles. The molecule has 0 radical (unpaired) electrons. The molecule has 1 aliphatic rings. The van der Waals surface area contributed by atoms with E-state index < -0.39 is 0 Å². The van der Waals surface area contributed by atoms with Gasteiger partial charge < -0.3 is 10.3 Å². The van der Waals surface area contributed by atoms with E-state index in [2.05, 4.69) is 10.2 Å². The number of fused-ring (bicyclic) bond motifs is 1. The van der Waals surface area contributed by atoms with E-state index >= 15 is 0 Å². The zero-order valence-electron chi connectivity index (χ0n) is 7.41. The minimum atomic E-state index is 0.515. The van der Waals surface area contributed by atoms with Crippen molar-refractivity contribution < 1.29 is 0 Å². The van der Waals surface area contributed by atoms with Crippen molar-refractivity contribution in [2.45, 2.75) is 25.8 Å². The maximum absolute atomic E-state index is 5.85. The van der Waals surface area contributed by atoms with Crippen molar-refractivity contribution in [3.05, 3.63) is 11.1 Å². The summed E-state index contributed by atoms with van der Waals surface area (Å²) in [6.45, 7) is 1.69. The van der Waals surface area contributed by atoms with Crippen molar-refractivity contribution in [1.29, 1.82) is 0 Å². The first-order chi connectivity index (χ1) is 6.31. The topological polar surface area (TPSA) is 56.7 Å². The van der Waals surface area contributed by atoms with E-state index in [1.54, 1.807) is 0 Å². The highest BCUT2D eigenvalue weighted by Gasteiger charge is 2.21.